The molecule has 1 nitrogen and oxygen atoms in total. The standard InChI is InChI=1S/C14H23NS/c1-6-13-14(16-12(5)15-13)8-7-11(4)9-10(2)3/h6,8,10-11H,7,9H2,1-5H3/b13-6+,14-8+. The van der Waals surface area contributed by atoms with E-state index in [1.807, 2.05) is 0 Å². The lowest BCUT2D eigenvalue weighted by molar-refractivity contribution is 0.449. The van der Waals surface area contributed by atoms with Gasteiger partial charge in [-0.05, 0) is 38.5 Å². The second-order valence-electron chi connectivity index (χ2n) is 4.95. The minimum Gasteiger partial charge on any atom is -0.242 e. The fourth-order valence-electron chi connectivity index (χ4n) is 2.02. The molecular formula is C14H23NS. The van der Waals surface area contributed by atoms with Gasteiger partial charge in [0, 0.05) is 0 Å². The molecule has 0 aliphatic carbocycles. The van der Waals surface area contributed by atoms with E-state index in [4.69, 9.17) is 0 Å². The lowest BCUT2D eigenvalue weighted by atomic mass is 9.96. The Morgan fingerprint density at radius 1 is 1.31 bits per heavy atom. The number of nitrogens with zero attached hydrogens (tertiary/aromatic N) is 1. The molecule has 1 aromatic heterocycles. The number of hydrogen-bond acceptors (Lipinski definition) is 2. The molecule has 0 fully saturated rings. The van der Waals surface area contributed by atoms with E-state index in [2.05, 4.69) is 51.8 Å². The van der Waals surface area contributed by atoms with Gasteiger partial charge in [0.25, 0.3) is 0 Å². The van der Waals surface area contributed by atoms with Gasteiger partial charge in [-0.2, -0.15) is 0 Å². The van der Waals surface area contributed by atoms with Crippen LogP contribution in [-0.4, -0.2) is 4.98 Å². The van der Waals surface area contributed by atoms with Crippen molar-refractivity contribution in [1.82, 2.24) is 4.98 Å². The van der Waals surface area contributed by atoms with Crippen LogP contribution in [0.15, 0.2) is 0 Å². The van der Waals surface area contributed by atoms with Crippen molar-refractivity contribution in [3.05, 3.63) is 14.9 Å². The van der Waals surface area contributed by atoms with E-state index in [1.165, 1.54) is 17.4 Å². The predicted molar refractivity (Wildman–Crippen MR) is 73.9 cm³/mol. The molecule has 0 aromatic carbocycles. The Morgan fingerprint density at radius 3 is 2.56 bits per heavy atom. The van der Waals surface area contributed by atoms with Crippen molar-refractivity contribution in [2.75, 3.05) is 0 Å². The first-order chi connectivity index (χ1) is 7.52. The molecule has 0 spiro atoms. The second kappa shape index (κ2) is 6.19. The molecule has 2 heteroatoms. The van der Waals surface area contributed by atoms with Gasteiger partial charge in [-0.1, -0.05) is 32.9 Å². The predicted octanol–water partition coefficient (Wildman–Crippen LogP) is 3.10. The molecule has 0 aliphatic rings. The van der Waals surface area contributed by atoms with Crippen LogP contribution in [0, 0.1) is 18.8 Å². The van der Waals surface area contributed by atoms with Crippen LogP contribution in [0.4, 0.5) is 0 Å². The first-order valence-electron chi connectivity index (χ1n) is 6.13. The van der Waals surface area contributed by atoms with Gasteiger partial charge in [0.1, 0.15) is 0 Å². The van der Waals surface area contributed by atoms with Crippen LogP contribution in [0.5, 0.6) is 0 Å². The average Bonchev–Trinajstić information content (AvgIpc) is 2.55. The summed E-state index contributed by atoms with van der Waals surface area (Å²) in [5.74, 6) is 1.57. The molecule has 16 heavy (non-hydrogen) atoms. The van der Waals surface area contributed by atoms with E-state index in [-0.39, 0.29) is 0 Å². The van der Waals surface area contributed by atoms with Gasteiger partial charge in [0.15, 0.2) is 0 Å². The van der Waals surface area contributed by atoms with Crippen LogP contribution in [-0.2, 0) is 0 Å². The highest BCUT2D eigenvalue weighted by Gasteiger charge is 2.03. The zero-order chi connectivity index (χ0) is 12.1. The number of aryl methyl sites for hydroxylation is 1. The second-order valence-corrected chi connectivity index (χ2v) is 6.18. The maximum Gasteiger partial charge on any atom is 0.0907 e. The van der Waals surface area contributed by atoms with Crippen LogP contribution in [0.25, 0.3) is 12.2 Å². The molecule has 0 amide bonds. The molecule has 0 radical (unpaired) electrons. The summed E-state index contributed by atoms with van der Waals surface area (Å²) in [5, 5.41) is 2.31. The van der Waals surface area contributed by atoms with Gasteiger partial charge in [0.05, 0.1) is 14.9 Å². The average molecular weight is 237 g/mol. The Balaban J connectivity index is 2.77. The third-order valence-electron chi connectivity index (χ3n) is 2.64. The Kier molecular flexibility index (Phi) is 5.20. The van der Waals surface area contributed by atoms with Crippen molar-refractivity contribution in [3.8, 4) is 0 Å². The Morgan fingerprint density at radius 2 is 2.00 bits per heavy atom. The van der Waals surface area contributed by atoms with E-state index >= 15 is 0 Å². The number of thiazole rings is 1. The van der Waals surface area contributed by atoms with Gasteiger partial charge in [-0.3, -0.25) is 0 Å². The van der Waals surface area contributed by atoms with Crippen molar-refractivity contribution in [2.24, 2.45) is 11.8 Å². The molecule has 1 aromatic rings. The largest absolute Gasteiger partial charge is 0.242 e. The van der Waals surface area contributed by atoms with Crippen molar-refractivity contribution < 1.29 is 0 Å². The molecule has 1 heterocycles. The highest BCUT2D eigenvalue weighted by Crippen LogP contribution is 2.14. The Bertz CT molecular complexity index is 428. The summed E-state index contributed by atoms with van der Waals surface area (Å²) >= 11 is 1.80. The maximum atomic E-state index is 4.50. The summed E-state index contributed by atoms with van der Waals surface area (Å²) in [4.78, 5) is 4.50. The number of rotatable bonds is 4. The summed E-state index contributed by atoms with van der Waals surface area (Å²) in [7, 11) is 0. The summed E-state index contributed by atoms with van der Waals surface area (Å²) in [6.07, 6.45) is 6.93. The van der Waals surface area contributed by atoms with E-state index in [0.29, 0.717) is 0 Å². The molecule has 1 rings (SSSR count). The monoisotopic (exact) mass is 237 g/mol. The van der Waals surface area contributed by atoms with Gasteiger partial charge in [-0.25, -0.2) is 4.98 Å². The van der Waals surface area contributed by atoms with Crippen LogP contribution in [0.2, 0.25) is 0 Å². The molecule has 1 unspecified atom stereocenters. The normalized spacial score (nSPS) is 16.1. The van der Waals surface area contributed by atoms with Crippen molar-refractivity contribution in [3.63, 3.8) is 0 Å². The summed E-state index contributed by atoms with van der Waals surface area (Å²) < 4.78 is 1.34. The first-order valence-corrected chi connectivity index (χ1v) is 6.94. The van der Waals surface area contributed by atoms with E-state index in [9.17, 15) is 0 Å². The highest BCUT2D eigenvalue weighted by atomic mass is 32.1. The fourth-order valence-corrected chi connectivity index (χ4v) is 2.93. The molecule has 1 atom stereocenters. The quantitative estimate of drug-likeness (QED) is 0.784. The third kappa shape index (κ3) is 4.09. The Hall–Kier alpha value is -0.630. The summed E-state index contributed by atoms with van der Waals surface area (Å²) in [6.45, 7) is 11.0. The molecule has 90 valence electrons. The van der Waals surface area contributed by atoms with Crippen LogP contribution in [0.3, 0.4) is 0 Å². The number of hydrogen-bond donors (Lipinski definition) is 0. The van der Waals surface area contributed by atoms with Crippen LogP contribution >= 0.6 is 11.3 Å². The zero-order valence-electron chi connectivity index (χ0n) is 11.1. The zero-order valence-corrected chi connectivity index (χ0v) is 11.9. The van der Waals surface area contributed by atoms with Gasteiger partial charge in [0.2, 0.25) is 0 Å². The van der Waals surface area contributed by atoms with E-state index in [1.54, 1.807) is 11.3 Å². The van der Waals surface area contributed by atoms with Crippen LogP contribution in [0.1, 0.15) is 45.5 Å². The van der Waals surface area contributed by atoms with Crippen LogP contribution < -0.4 is 9.88 Å². The van der Waals surface area contributed by atoms with Gasteiger partial charge >= 0.3 is 0 Å². The minimum atomic E-state index is 0.770. The summed E-state index contributed by atoms with van der Waals surface area (Å²) in [6, 6.07) is 0. The maximum absolute atomic E-state index is 4.50. The Labute approximate surface area is 103 Å². The molecular weight excluding hydrogens is 214 g/mol. The van der Waals surface area contributed by atoms with E-state index < -0.39 is 0 Å². The van der Waals surface area contributed by atoms with Gasteiger partial charge < -0.3 is 0 Å². The van der Waals surface area contributed by atoms with Crippen molar-refractivity contribution in [2.45, 2.75) is 47.5 Å². The molecule has 0 saturated carbocycles. The topological polar surface area (TPSA) is 12.9 Å². The SMILES string of the molecule is C/C=c1/nc(C)s/c1=C/CC(C)CC(C)C. The molecule has 0 bridgehead atoms. The fraction of sp³-hybridized carbons (Fsp3) is 0.643. The molecule has 0 saturated heterocycles. The summed E-state index contributed by atoms with van der Waals surface area (Å²) in [5.41, 5.74) is 0. The lowest BCUT2D eigenvalue weighted by Gasteiger charge is -2.10. The third-order valence-corrected chi connectivity index (χ3v) is 3.62. The minimum absolute atomic E-state index is 0.770. The van der Waals surface area contributed by atoms with Crippen molar-refractivity contribution in [1.29, 1.82) is 0 Å². The smallest absolute Gasteiger partial charge is 0.0907 e. The number of aromatic nitrogens is 1. The first kappa shape index (κ1) is 13.4. The van der Waals surface area contributed by atoms with Crippen molar-refractivity contribution >= 4 is 23.5 Å². The highest BCUT2D eigenvalue weighted by molar-refractivity contribution is 7.09. The molecule has 0 aliphatic heterocycles. The molecule has 0 N–H and O–H groups in total. The van der Waals surface area contributed by atoms with E-state index in [0.717, 1.165) is 22.2 Å². The van der Waals surface area contributed by atoms with Gasteiger partial charge in [-0.15, -0.1) is 11.3 Å². The lowest BCUT2D eigenvalue weighted by Crippen LogP contribution is -2.20.